The number of amides is 1. The van der Waals surface area contributed by atoms with Gasteiger partial charge in [-0.15, -0.1) is 0 Å². The molecule has 2 rings (SSSR count). The molecular weight excluding hydrogens is 306 g/mol. The lowest BCUT2D eigenvalue weighted by atomic mass is 9.97. The van der Waals surface area contributed by atoms with Gasteiger partial charge in [-0.25, -0.2) is 0 Å². The average molecular weight is 333 g/mol. The molecule has 0 bridgehead atoms. The van der Waals surface area contributed by atoms with Gasteiger partial charge < -0.3 is 26.2 Å². The molecular formula is C18H27N3O3. The Kier molecular flexibility index (Phi) is 5.39. The maximum atomic E-state index is 12.2. The van der Waals surface area contributed by atoms with Crippen LogP contribution >= 0.6 is 0 Å². The molecule has 1 aromatic carbocycles. The van der Waals surface area contributed by atoms with E-state index in [0.717, 1.165) is 12.8 Å². The maximum Gasteiger partial charge on any atom is 0.253 e. The fraction of sp³-hybridized carbons (Fsp3) is 0.500. The zero-order valence-corrected chi connectivity index (χ0v) is 14.4. The third kappa shape index (κ3) is 4.20. The first-order valence-corrected chi connectivity index (χ1v) is 8.18. The van der Waals surface area contributed by atoms with Gasteiger partial charge >= 0.3 is 0 Å². The molecule has 0 unspecified atom stereocenters. The van der Waals surface area contributed by atoms with E-state index in [0.29, 0.717) is 42.4 Å². The lowest BCUT2D eigenvalue weighted by Gasteiger charge is -2.35. The van der Waals surface area contributed by atoms with Gasteiger partial charge in [0.1, 0.15) is 11.4 Å². The van der Waals surface area contributed by atoms with Crippen molar-refractivity contribution in [2.24, 2.45) is 11.7 Å². The van der Waals surface area contributed by atoms with E-state index in [4.69, 9.17) is 16.2 Å². The van der Waals surface area contributed by atoms with Gasteiger partial charge in [0.2, 0.25) is 0 Å². The number of nitrogens with zero attached hydrogens (tertiary/aromatic N) is 1. The molecule has 132 valence electrons. The molecule has 1 heterocycles. The zero-order chi connectivity index (χ0) is 17.9. The van der Waals surface area contributed by atoms with Gasteiger partial charge in [0.25, 0.3) is 5.91 Å². The number of hydrogen-bond acceptors (Lipinski definition) is 5. The molecule has 1 amide bonds. The topological polar surface area (TPSA) is 102 Å². The van der Waals surface area contributed by atoms with E-state index in [1.54, 1.807) is 11.0 Å². The normalized spacial score (nSPS) is 18.3. The van der Waals surface area contributed by atoms with E-state index in [1.165, 1.54) is 13.8 Å². The van der Waals surface area contributed by atoms with Crippen LogP contribution < -0.4 is 16.2 Å². The Morgan fingerprint density at radius 2 is 2.21 bits per heavy atom. The van der Waals surface area contributed by atoms with Crippen LogP contribution in [0.15, 0.2) is 24.8 Å². The van der Waals surface area contributed by atoms with Crippen molar-refractivity contribution in [3.63, 3.8) is 0 Å². The predicted molar refractivity (Wildman–Crippen MR) is 95.2 cm³/mol. The van der Waals surface area contributed by atoms with Crippen LogP contribution in [0, 0.1) is 5.92 Å². The number of aliphatic hydroxyl groups is 1. The highest BCUT2D eigenvalue weighted by atomic mass is 16.5. The van der Waals surface area contributed by atoms with Crippen molar-refractivity contribution >= 4 is 17.3 Å². The minimum atomic E-state index is -1.35. The second-order valence-electron chi connectivity index (χ2n) is 6.88. The number of carbonyl (C=O) groups is 1. The number of hydrogen-bond donors (Lipinski definition) is 3. The number of benzene rings is 1. The second kappa shape index (κ2) is 7.13. The summed E-state index contributed by atoms with van der Waals surface area (Å²) in [7, 11) is 0. The summed E-state index contributed by atoms with van der Waals surface area (Å²) in [6.07, 6.45) is 1.86. The molecule has 0 spiro atoms. The Labute approximate surface area is 143 Å². The van der Waals surface area contributed by atoms with Crippen molar-refractivity contribution in [1.82, 2.24) is 4.90 Å². The molecule has 24 heavy (non-hydrogen) atoms. The quantitative estimate of drug-likeness (QED) is 0.710. The highest BCUT2D eigenvalue weighted by molar-refractivity contribution is 5.84. The fourth-order valence-corrected chi connectivity index (χ4v) is 2.99. The van der Waals surface area contributed by atoms with Gasteiger partial charge in [-0.2, -0.15) is 0 Å². The van der Waals surface area contributed by atoms with Crippen LogP contribution in [0.4, 0.5) is 5.69 Å². The number of anilines is 1. The number of piperidine rings is 1. The van der Waals surface area contributed by atoms with Crippen molar-refractivity contribution in [2.75, 3.05) is 25.4 Å². The van der Waals surface area contributed by atoms with Crippen LogP contribution in [-0.2, 0) is 4.79 Å². The van der Waals surface area contributed by atoms with Gasteiger partial charge in [-0.1, -0.05) is 12.6 Å². The highest BCUT2D eigenvalue weighted by Gasteiger charge is 2.32. The molecule has 6 heteroatoms. The lowest BCUT2D eigenvalue weighted by molar-refractivity contribution is -0.149. The lowest BCUT2D eigenvalue weighted by Crippen LogP contribution is -2.49. The molecule has 1 saturated heterocycles. The van der Waals surface area contributed by atoms with Gasteiger partial charge in [-0.3, -0.25) is 4.79 Å². The highest BCUT2D eigenvalue weighted by Crippen LogP contribution is 2.29. The van der Waals surface area contributed by atoms with Crippen LogP contribution in [0.3, 0.4) is 0 Å². The molecule has 1 aromatic rings. The van der Waals surface area contributed by atoms with Crippen molar-refractivity contribution in [3.8, 4) is 5.75 Å². The Balaban J connectivity index is 2.01. The first kappa shape index (κ1) is 18.1. The Morgan fingerprint density at radius 1 is 1.50 bits per heavy atom. The van der Waals surface area contributed by atoms with Gasteiger partial charge in [-0.05, 0) is 38.8 Å². The summed E-state index contributed by atoms with van der Waals surface area (Å²) in [6, 6.07) is 5.37. The Morgan fingerprint density at radius 3 is 2.83 bits per heavy atom. The predicted octanol–water partition coefficient (Wildman–Crippen LogP) is 1.59. The number of carbonyl (C=O) groups excluding carboxylic acids is 1. The van der Waals surface area contributed by atoms with Crippen LogP contribution in [0.25, 0.3) is 5.70 Å². The third-order valence-corrected chi connectivity index (χ3v) is 4.18. The van der Waals surface area contributed by atoms with E-state index >= 15 is 0 Å². The van der Waals surface area contributed by atoms with E-state index in [1.807, 2.05) is 12.1 Å². The fourth-order valence-electron chi connectivity index (χ4n) is 2.99. The van der Waals surface area contributed by atoms with Crippen molar-refractivity contribution in [2.45, 2.75) is 32.3 Å². The number of nitrogens with two attached hydrogens (primary N) is 2. The van der Waals surface area contributed by atoms with Crippen LogP contribution in [0.5, 0.6) is 5.75 Å². The van der Waals surface area contributed by atoms with Crippen LogP contribution in [0.2, 0.25) is 0 Å². The molecule has 1 aliphatic heterocycles. The minimum absolute atomic E-state index is 0.199. The minimum Gasteiger partial charge on any atom is -0.492 e. The summed E-state index contributed by atoms with van der Waals surface area (Å²) in [5.41, 5.74) is 11.9. The number of likely N-dealkylation sites (tertiary alicyclic amines) is 1. The average Bonchev–Trinajstić information content (AvgIpc) is 2.51. The molecule has 5 N–H and O–H groups in total. The number of ether oxygens (including phenoxy) is 1. The SMILES string of the molecule is C=C(N)c1c(N)cccc1OC[C@H]1CCCN(C(=O)C(C)(C)O)C1. The first-order chi connectivity index (χ1) is 11.2. The standard InChI is InChI=1S/C18H27N3O3/c1-12(19)16-14(20)7-4-8-15(16)24-11-13-6-5-9-21(10-13)17(22)18(2,3)23/h4,7-8,13,23H,1,5-6,9-11,19-20H2,2-3H3/t13-/m0/s1. The van der Waals surface area contributed by atoms with Crippen molar-refractivity contribution < 1.29 is 14.6 Å². The summed E-state index contributed by atoms with van der Waals surface area (Å²) in [4.78, 5) is 13.9. The van der Waals surface area contributed by atoms with E-state index in [2.05, 4.69) is 6.58 Å². The zero-order valence-electron chi connectivity index (χ0n) is 14.4. The molecule has 1 fully saturated rings. The monoisotopic (exact) mass is 333 g/mol. The van der Waals surface area contributed by atoms with Crippen LogP contribution in [-0.4, -0.2) is 41.2 Å². The molecule has 0 aliphatic carbocycles. The van der Waals surface area contributed by atoms with Crippen molar-refractivity contribution in [1.29, 1.82) is 0 Å². The van der Waals surface area contributed by atoms with Crippen molar-refractivity contribution in [3.05, 3.63) is 30.3 Å². The second-order valence-corrected chi connectivity index (χ2v) is 6.88. The summed E-state index contributed by atoms with van der Waals surface area (Å²) >= 11 is 0. The van der Waals surface area contributed by atoms with Crippen LogP contribution in [0.1, 0.15) is 32.3 Å². The van der Waals surface area contributed by atoms with E-state index < -0.39 is 5.60 Å². The largest absolute Gasteiger partial charge is 0.492 e. The Hall–Kier alpha value is -2.21. The Bertz CT molecular complexity index is 622. The third-order valence-electron chi connectivity index (χ3n) is 4.18. The van der Waals surface area contributed by atoms with Gasteiger partial charge in [0, 0.05) is 30.4 Å². The first-order valence-electron chi connectivity index (χ1n) is 8.18. The molecule has 1 atom stereocenters. The molecule has 0 saturated carbocycles. The smallest absolute Gasteiger partial charge is 0.253 e. The number of nitrogen functional groups attached to an aromatic ring is 1. The summed E-state index contributed by atoms with van der Waals surface area (Å²) in [5.74, 6) is 0.561. The summed E-state index contributed by atoms with van der Waals surface area (Å²) in [6.45, 7) is 8.47. The summed E-state index contributed by atoms with van der Waals surface area (Å²) < 4.78 is 5.91. The van der Waals surface area contributed by atoms with E-state index in [9.17, 15) is 9.90 Å². The number of rotatable bonds is 5. The molecule has 6 nitrogen and oxygen atoms in total. The van der Waals surface area contributed by atoms with Gasteiger partial charge in [0.15, 0.2) is 0 Å². The molecule has 0 radical (unpaired) electrons. The maximum absolute atomic E-state index is 12.2. The summed E-state index contributed by atoms with van der Waals surface area (Å²) in [5, 5.41) is 9.90. The molecule has 0 aromatic heterocycles. The van der Waals surface area contributed by atoms with Gasteiger partial charge in [0.05, 0.1) is 12.2 Å². The molecule has 1 aliphatic rings. The van der Waals surface area contributed by atoms with E-state index in [-0.39, 0.29) is 11.8 Å².